The molecular weight excluding hydrogens is 320 g/mol. The highest BCUT2D eigenvalue weighted by Crippen LogP contribution is 2.32. The number of Topliss-reactive ketones (excluding diaryl/α,β-unsaturated/α-hetero) is 2. The van der Waals surface area contributed by atoms with Crippen molar-refractivity contribution in [2.75, 3.05) is 20.4 Å². The molecule has 1 aromatic carbocycles. The van der Waals surface area contributed by atoms with Crippen molar-refractivity contribution in [3.05, 3.63) is 46.3 Å². The van der Waals surface area contributed by atoms with Crippen LogP contribution in [0.3, 0.4) is 0 Å². The summed E-state index contributed by atoms with van der Waals surface area (Å²) in [6, 6.07) is 5.83. The van der Waals surface area contributed by atoms with Crippen LogP contribution in [0, 0.1) is 13.8 Å². The molecule has 1 unspecified atom stereocenters. The molecule has 2 heterocycles. The molecule has 0 fully saturated rings. The van der Waals surface area contributed by atoms with Crippen molar-refractivity contribution in [3.8, 4) is 11.5 Å². The van der Waals surface area contributed by atoms with E-state index >= 15 is 0 Å². The summed E-state index contributed by atoms with van der Waals surface area (Å²) in [5.74, 6) is 1.49. The number of hydrogen-bond donors (Lipinski definition) is 2. The monoisotopic (exact) mass is 343 g/mol. The summed E-state index contributed by atoms with van der Waals surface area (Å²) in [4.78, 5) is 28.5. The minimum atomic E-state index is -0.0219. The predicted octanol–water partition coefficient (Wildman–Crippen LogP) is 1.46. The largest absolute Gasteiger partial charge is 0.454 e. The Hall–Kier alpha value is -2.60. The fraction of sp³-hybridized carbons (Fsp3) is 0.368. The Morgan fingerprint density at radius 1 is 1.20 bits per heavy atom. The van der Waals surface area contributed by atoms with Gasteiger partial charge in [-0.25, -0.2) is 0 Å². The van der Waals surface area contributed by atoms with E-state index in [1.807, 2.05) is 39.1 Å². The number of aryl methyl sites for hydroxylation is 1. The van der Waals surface area contributed by atoms with Crippen LogP contribution in [0.25, 0.3) is 0 Å². The first kappa shape index (κ1) is 17.2. The Bertz CT molecular complexity index is 838. The molecule has 0 bridgehead atoms. The average molecular weight is 343 g/mol. The topological polar surface area (TPSA) is 72.8 Å². The second-order valence-electron chi connectivity index (χ2n) is 6.60. The number of ketones is 2. The van der Waals surface area contributed by atoms with E-state index in [0.717, 1.165) is 33.2 Å². The molecule has 0 saturated carbocycles. The SMILES string of the molecule is CC(=O)c1c(C)[nH]c(C(=O)C[NH+](C)Cc2ccc3c(c2)OCO3)c1C. The number of H-pyrrole nitrogens is 1. The number of carbonyl (C=O) groups excluding carboxylic acids is 2. The molecule has 0 radical (unpaired) electrons. The molecule has 0 aliphatic carbocycles. The van der Waals surface area contributed by atoms with E-state index < -0.39 is 0 Å². The molecule has 1 aliphatic rings. The number of ether oxygens (including phenoxy) is 2. The van der Waals surface area contributed by atoms with Crippen molar-refractivity contribution in [2.24, 2.45) is 0 Å². The minimum Gasteiger partial charge on any atom is -0.454 e. The van der Waals surface area contributed by atoms with Gasteiger partial charge in [-0.05, 0) is 44.5 Å². The van der Waals surface area contributed by atoms with Crippen LogP contribution in [0.2, 0.25) is 0 Å². The van der Waals surface area contributed by atoms with Crippen LogP contribution in [0.1, 0.15) is 44.6 Å². The lowest BCUT2D eigenvalue weighted by atomic mass is 10.1. The molecule has 1 aliphatic heterocycles. The van der Waals surface area contributed by atoms with Gasteiger partial charge in [-0.2, -0.15) is 0 Å². The van der Waals surface area contributed by atoms with Gasteiger partial charge in [0.2, 0.25) is 12.6 Å². The van der Waals surface area contributed by atoms with Gasteiger partial charge in [-0.15, -0.1) is 0 Å². The predicted molar refractivity (Wildman–Crippen MR) is 92.6 cm³/mol. The number of nitrogens with one attached hydrogen (secondary N) is 2. The quantitative estimate of drug-likeness (QED) is 0.779. The Labute approximate surface area is 146 Å². The van der Waals surface area contributed by atoms with Crippen LogP contribution in [0.15, 0.2) is 18.2 Å². The van der Waals surface area contributed by atoms with Gasteiger partial charge in [0.1, 0.15) is 13.1 Å². The van der Waals surface area contributed by atoms with Crippen LogP contribution in [0.4, 0.5) is 0 Å². The Balaban J connectivity index is 1.69. The van der Waals surface area contributed by atoms with Crippen molar-refractivity contribution >= 4 is 11.6 Å². The minimum absolute atomic E-state index is 0.00587. The second kappa shape index (κ2) is 6.72. The maximum Gasteiger partial charge on any atom is 0.233 e. The van der Waals surface area contributed by atoms with Crippen LogP contribution >= 0.6 is 0 Å². The van der Waals surface area contributed by atoms with Crippen molar-refractivity contribution in [2.45, 2.75) is 27.3 Å². The van der Waals surface area contributed by atoms with Crippen LogP contribution in [-0.2, 0) is 6.54 Å². The third-order valence-corrected chi connectivity index (χ3v) is 4.47. The summed E-state index contributed by atoms with van der Waals surface area (Å²) >= 11 is 0. The fourth-order valence-electron chi connectivity index (χ4n) is 3.38. The van der Waals surface area contributed by atoms with Gasteiger partial charge >= 0.3 is 0 Å². The number of fused-ring (bicyclic) bond motifs is 1. The highest BCUT2D eigenvalue weighted by molar-refractivity contribution is 6.03. The van der Waals surface area contributed by atoms with Gasteiger partial charge in [-0.3, -0.25) is 9.59 Å². The maximum absolute atomic E-state index is 12.6. The Kier molecular flexibility index (Phi) is 4.63. The highest BCUT2D eigenvalue weighted by atomic mass is 16.7. The molecule has 6 heteroatoms. The third-order valence-electron chi connectivity index (χ3n) is 4.47. The number of aromatic amines is 1. The van der Waals surface area contributed by atoms with Gasteiger partial charge in [0.05, 0.1) is 12.7 Å². The van der Waals surface area contributed by atoms with Crippen molar-refractivity contribution in [1.29, 1.82) is 0 Å². The molecule has 6 nitrogen and oxygen atoms in total. The lowest BCUT2D eigenvalue weighted by Crippen LogP contribution is -3.08. The number of likely N-dealkylation sites (N-methyl/N-ethyl adjacent to an activating group) is 1. The number of rotatable bonds is 6. The van der Waals surface area contributed by atoms with E-state index in [2.05, 4.69) is 4.98 Å². The summed E-state index contributed by atoms with van der Waals surface area (Å²) in [5.41, 5.74) is 3.73. The molecule has 3 rings (SSSR count). The molecule has 0 amide bonds. The van der Waals surface area contributed by atoms with Gasteiger partial charge in [0.25, 0.3) is 0 Å². The van der Waals surface area contributed by atoms with E-state index in [-0.39, 0.29) is 18.4 Å². The van der Waals surface area contributed by atoms with E-state index in [1.54, 1.807) is 0 Å². The number of hydrogen-bond acceptors (Lipinski definition) is 4. The standard InChI is InChI=1S/C19H22N2O4/c1-11-18(13(3)22)12(2)20-19(11)15(23)9-21(4)8-14-5-6-16-17(7-14)25-10-24-16/h5-7,20H,8-10H2,1-4H3/p+1. The first-order chi connectivity index (χ1) is 11.9. The number of carbonyl (C=O) groups is 2. The van der Waals surface area contributed by atoms with Crippen molar-refractivity contribution < 1.29 is 24.0 Å². The maximum atomic E-state index is 12.6. The third kappa shape index (κ3) is 3.44. The number of aromatic nitrogens is 1. The zero-order valence-corrected chi connectivity index (χ0v) is 15.0. The Morgan fingerprint density at radius 2 is 1.92 bits per heavy atom. The zero-order chi connectivity index (χ0) is 18.1. The molecule has 2 N–H and O–H groups in total. The summed E-state index contributed by atoms with van der Waals surface area (Å²) in [6.07, 6.45) is 0. The number of quaternary nitrogens is 1. The van der Waals surface area contributed by atoms with Gasteiger partial charge in [0, 0.05) is 16.8 Å². The molecule has 0 saturated heterocycles. The normalized spacial score (nSPS) is 13.8. The molecular formula is C19H23N2O4+. The molecule has 1 aromatic heterocycles. The lowest BCUT2D eigenvalue weighted by Gasteiger charge is -2.13. The lowest BCUT2D eigenvalue weighted by molar-refractivity contribution is -0.884. The summed E-state index contributed by atoms with van der Waals surface area (Å²) in [5, 5.41) is 0. The number of benzene rings is 1. The van der Waals surface area contributed by atoms with E-state index in [0.29, 0.717) is 24.3 Å². The molecule has 0 spiro atoms. The van der Waals surface area contributed by atoms with E-state index in [9.17, 15) is 9.59 Å². The summed E-state index contributed by atoms with van der Waals surface area (Å²) in [7, 11) is 1.97. The van der Waals surface area contributed by atoms with Crippen LogP contribution in [0.5, 0.6) is 11.5 Å². The fourth-order valence-corrected chi connectivity index (χ4v) is 3.38. The van der Waals surface area contributed by atoms with E-state index in [4.69, 9.17) is 9.47 Å². The van der Waals surface area contributed by atoms with Crippen molar-refractivity contribution in [1.82, 2.24) is 4.98 Å². The molecule has 25 heavy (non-hydrogen) atoms. The molecule has 132 valence electrons. The smallest absolute Gasteiger partial charge is 0.233 e. The summed E-state index contributed by atoms with van der Waals surface area (Å²) < 4.78 is 10.7. The Morgan fingerprint density at radius 3 is 2.60 bits per heavy atom. The van der Waals surface area contributed by atoms with E-state index in [1.165, 1.54) is 6.92 Å². The molecule has 2 aromatic rings. The zero-order valence-electron chi connectivity index (χ0n) is 15.0. The first-order valence-electron chi connectivity index (χ1n) is 8.30. The first-order valence-corrected chi connectivity index (χ1v) is 8.30. The average Bonchev–Trinajstić information content (AvgIpc) is 3.10. The van der Waals surface area contributed by atoms with Gasteiger partial charge < -0.3 is 19.4 Å². The van der Waals surface area contributed by atoms with Crippen LogP contribution < -0.4 is 14.4 Å². The highest BCUT2D eigenvalue weighted by Gasteiger charge is 2.22. The van der Waals surface area contributed by atoms with Gasteiger partial charge in [0.15, 0.2) is 17.3 Å². The second-order valence-corrected chi connectivity index (χ2v) is 6.60. The van der Waals surface area contributed by atoms with Crippen molar-refractivity contribution in [3.63, 3.8) is 0 Å². The van der Waals surface area contributed by atoms with Gasteiger partial charge in [-0.1, -0.05) is 0 Å². The van der Waals surface area contributed by atoms with Crippen LogP contribution in [-0.4, -0.2) is 36.9 Å². The molecule has 1 atom stereocenters. The summed E-state index contributed by atoms with van der Waals surface area (Å²) in [6.45, 7) is 6.45.